The summed E-state index contributed by atoms with van der Waals surface area (Å²) in [4.78, 5) is 22.3. The van der Waals surface area contributed by atoms with Crippen molar-refractivity contribution < 1.29 is 9.18 Å². The first-order chi connectivity index (χ1) is 12.5. The highest BCUT2D eigenvalue weighted by Crippen LogP contribution is 2.27. The van der Waals surface area contributed by atoms with Crippen LogP contribution in [0.5, 0.6) is 0 Å². The van der Waals surface area contributed by atoms with Crippen molar-refractivity contribution in [2.24, 2.45) is 0 Å². The Morgan fingerprint density at radius 1 is 1.19 bits per heavy atom. The van der Waals surface area contributed by atoms with Gasteiger partial charge < -0.3 is 4.90 Å². The molecule has 4 nitrogen and oxygen atoms in total. The number of nitrogens with zero attached hydrogens (tertiary/aromatic N) is 3. The zero-order valence-corrected chi connectivity index (χ0v) is 16.3. The first-order valence-electron chi connectivity index (χ1n) is 7.86. The van der Waals surface area contributed by atoms with E-state index in [-0.39, 0.29) is 18.3 Å². The summed E-state index contributed by atoms with van der Waals surface area (Å²) >= 11 is 8.03. The molecule has 0 bridgehead atoms. The zero-order valence-electron chi connectivity index (χ0n) is 13.4. The lowest BCUT2D eigenvalue weighted by Gasteiger charge is -2.16. The summed E-state index contributed by atoms with van der Waals surface area (Å²) in [5, 5.41) is 0.423. The average molecular weight is 480 g/mol. The van der Waals surface area contributed by atoms with Crippen molar-refractivity contribution in [3.05, 3.63) is 80.2 Å². The summed E-state index contributed by atoms with van der Waals surface area (Å²) in [6.07, 6.45) is 3.28. The van der Waals surface area contributed by atoms with E-state index in [1.54, 1.807) is 35.5 Å². The van der Waals surface area contributed by atoms with Gasteiger partial charge in [0.25, 0.3) is 5.91 Å². The fourth-order valence-electron chi connectivity index (χ4n) is 2.95. The van der Waals surface area contributed by atoms with Crippen molar-refractivity contribution in [2.45, 2.75) is 13.1 Å². The molecule has 26 heavy (non-hydrogen) atoms. The van der Waals surface area contributed by atoms with E-state index < -0.39 is 0 Å². The van der Waals surface area contributed by atoms with Crippen LogP contribution in [0.25, 0.3) is 11.1 Å². The van der Waals surface area contributed by atoms with Gasteiger partial charge >= 0.3 is 0 Å². The fourth-order valence-corrected chi connectivity index (χ4v) is 3.53. The van der Waals surface area contributed by atoms with Crippen molar-refractivity contribution in [3.8, 4) is 11.1 Å². The molecule has 1 aliphatic heterocycles. The van der Waals surface area contributed by atoms with Crippen molar-refractivity contribution in [1.29, 1.82) is 0 Å². The molecule has 0 saturated carbocycles. The largest absolute Gasteiger partial charge is 0.328 e. The Hall–Kier alpha value is -2.06. The van der Waals surface area contributed by atoms with Crippen LogP contribution in [0.1, 0.15) is 21.6 Å². The minimum atomic E-state index is -0.357. The molecule has 0 atom stereocenters. The maximum atomic E-state index is 14.6. The lowest BCUT2D eigenvalue weighted by Crippen LogP contribution is -2.23. The van der Waals surface area contributed by atoms with Gasteiger partial charge in [-0.05, 0) is 52.4 Å². The van der Waals surface area contributed by atoms with Crippen LogP contribution < -0.4 is 0 Å². The highest BCUT2D eigenvalue weighted by molar-refractivity contribution is 14.1. The van der Waals surface area contributed by atoms with Crippen LogP contribution in [-0.4, -0.2) is 20.8 Å². The van der Waals surface area contributed by atoms with E-state index in [1.807, 2.05) is 12.1 Å². The number of hydrogen-bond donors (Lipinski definition) is 0. The van der Waals surface area contributed by atoms with Gasteiger partial charge in [0, 0.05) is 30.1 Å². The monoisotopic (exact) mass is 479 g/mol. The SMILES string of the molecule is O=C1c2cccnc2CN1Cc1ccc(-c2cnc(Cl)c(I)c2)cc1F. The zero-order chi connectivity index (χ0) is 18.3. The van der Waals surface area contributed by atoms with Crippen LogP contribution in [0.3, 0.4) is 0 Å². The molecule has 0 aliphatic carbocycles. The van der Waals surface area contributed by atoms with Gasteiger partial charge in [0.15, 0.2) is 0 Å². The summed E-state index contributed by atoms with van der Waals surface area (Å²) in [6, 6.07) is 10.3. The number of amides is 1. The number of benzene rings is 1. The van der Waals surface area contributed by atoms with E-state index in [0.717, 1.165) is 14.8 Å². The number of carbonyl (C=O) groups is 1. The van der Waals surface area contributed by atoms with E-state index >= 15 is 0 Å². The Kier molecular flexibility index (Phi) is 4.62. The van der Waals surface area contributed by atoms with E-state index in [9.17, 15) is 9.18 Å². The third-order valence-electron chi connectivity index (χ3n) is 4.29. The Labute approximate surface area is 168 Å². The smallest absolute Gasteiger partial charge is 0.256 e. The Morgan fingerprint density at radius 2 is 2.04 bits per heavy atom. The van der Waals surface area contributed by atoms with E-state index in [2.05, 4.69) is 32.6 Å². The van der Waals surface area contributed by atoms with Crippen LogP contribution >= 0.6 is 34.2 Å². The van der Waals surface area contributed by atoms with Gasteiger partial charge in [-0.3, -0.25) is 9.78 Å². The molecule has 0 N–H and O–H groups in total. The van der Waals surface area contributed by atoms with Crippen LogP contribution in [0, 0.1) is 9.39 Å². The summed E-state index contributed by atoms with van der Waals surface area (Å²) in [5.74, 6) is -0.475. The molecular weight excluding hydrogens is 468 g/mol. The highest BCUT2D eigenvalue weighted by Gasteiger charge is 2.28. The van der Waals surface area contributed by atoms with Crippen LogP contribution in [0.2, 0.25) is 5.15 Å². The molecule has 4 rings (SSSR count). The molecule has 0 unspecified atom stereocenters. The summed E-state index contributed by atoms with van der Waals surface area (Å²) in [7, 11) is 0. The molecule has 1 aromatic carbocycles. The standard InChI is InChI=1S/C19H12ClFIN3O/c20-18-16(22)7-13(8-24-18)11-3-4-12(15(21)6-11)9-25-10-17-14(19(25)26)2-1-5-23-17/h1-8H,9-10H2. The Morgan fingerprint density at radius 3 is 2.77 bits per heavy atom. The summed E-state index contributed by atoms with van der Waals surface area (Å²) in [5.41, 5.74) is 3.29. The van der Waals surface area contributed by atoms with Crippen LogP contribution in [-0.2, 0) is 13.1 Å². The number of hydrogen-bond acceptors (Lipinski definition) is 3. The second kappa shape index (κ2) is 6.92. The predicted octanol–water partition coefficient (Wildman–Crippen LogP) is 4.70. The summed E-state index contributed by atoms with van der Waals surface area (Å²) < 4.78 is 15.4. The molecular formula is C19H12ClFIN3O. The van der Waals surface area contributed by atoms with Gasteiger partial charge in [-0.15, -0.1) is 0 Å². The van der Waals surface area contributed by atoms with Gasteiger partial charge in [-0.1, -0.05) is 23.7 Å². The first kappa shape index (κ1) is 17.4. The second-order valence-corrected chi connectivity index (χ2v) is 7.48. The van der Waals surface area contributed by atoms with Crippen molar-refractivity contribution >= 4 is 40.1 Å². The molecule has 0 radical (unpaired) electrons. The first-order valence-corrected chi connectivity index (χ1v) is 9.31. The molecule has 1 aliphatic rings. The maximum absolute atomic E-state index is 14.6. The van der Waals surface area contributed by atoms with Gasteiger partial charge in [0.2, 0.25) is 0 Å². The molecule has 1 amide bonds. The lowest BCUT2D eigenvalue weighted by molar-refractivity contribution is 0.0765. The van der Waals surface area contributed by atoms with Crippen LogP contribution in [0.15, 0.2) is 48.8 Å². The van der Waals surface area contributed by atoms with Crippen molar-refractivity contribution in [2.75, 3.05) is 0 Å². The lowest BCUT2D eigenvalue weighted by atomic mass is 10.0. The van der Waals surface area contributed by atoms with Gasteiger partial charge in [0.05, 0.1) is 21.4 Å². The fraction of sp³-hybridized carbons (Fsp3) is 0.105. The molecule has 0 fully saturated rings. The minimum Gasteiger partial charge on any atom is -0.328 e. The Balaban J connectivity index is 1.58. The minimum absolute atomic E-state index is 0.118. The number of carbonyl (C=O) groups excluding carboxylic acids is 1. The molecule has 130 valence electrons. The second-order valence-electron chi connectivity index (χ2n) is 5.96. The number of halogens is 3. The molecule has 3 heterocycles. The third-order valence-corrected chi connectivity index (χ3v) is 5.73. The van der Waals surface area contributed by atoms with Gasteiger partial charge in [0.1, 0.15) is 11.0 Å². The van der Waals surface area contributed by atoms with Crippen molar-refractivity contribution in [1.82, 2.24) is 14.9 Å². The summed E-state index contributed by atoms with van der Waals surface area (Å²) in [6.45, 7) is 0.604. The van der Waals surface area contributed by atoms with E-state index in [1.165, 1.54) is 6.07 Å². The highest BCUT2D eigenvalue weighted by atomic mass is 127. The quantitative estimate of drug-likeness (QED) is 0.404. The third kappa shape index (κ3) is 3.19. The van der Waals surface area contributed by atoms with E-state index in [0.29, 0.717) is 28.4 Å². The van der Waals surface area contributed by atoms with Crippen LogP contribution in [0.4, 0.5) is 4.39 Å². The van der Waals surface area contributed by atoms with Gasteiger partial charge in [-0.25, -0.2) is 9.37 Å². The normalized spacial score (nSPS) is 13.2. The topological polar surface area (TPSA) is 46.1 Å². The molecule has 3 aromatic rings. The van der Waals surface area contributed by atoms with Gasteiger partial charge in [-0.2, -0.15) is 0 Å². The van der Waals surface area contributed by atoms with E-state index in [4.69, 9.17) is 11.6 Å². The number of fused-ring (bicyclic) bond motifs is 1. The number of pyridine rings is 2. The number of aromatic nitrogens is 2. The molecule has 2 aromatic heterocycles. The molecule has 0 saturated heterocycles. The molecule has 7 heteroatoms. The maximum Gasteiger partial charge on any atom is 0.256 e. The van der Waals surface area contributed by atoms with Crippen molar-refractivity contribution in [3.63, 3.8) is 0 Å². The predicted molar refractivity (Wildman–Crippen MR) is 105 cm³/mol. The number of rotatable bonds is 3. The average Bonchev–Trinajstić information content (AvgIpc) is 2.95. The molecule has 0 spiro atoms. The Bertz CT molecular complexity index is 1030.